The molecule has 148 valence electrons. The highest BCUT2D eigenvalue weighted by Gasteiger charge is 1.98. The van der Waals surface area contributed by atoms with Crippen LogP contribution in [0.1, 0.15) is 111 Å². The second-order valence-corrected chi connectivity index (χ2v) is 7.32. The van der Waals surface area contributed by atoms with Gasteiger partial charge in [-0.25, -0.2) is 0 Å². The molecule has 0 aromatic carbocycles. The Kier molecular flexibility index (Phi) is 21.0. The number of hydrogen-bond donors (Lipinski definition) is 0. The maximum atomic E-state index is 2.54. The molecule has 0 fully saturated rings. The molecule has 25 heavy (non-hydrogen) atoms. The summed E-state index contributed by atoms with van der Waals surface area (Å²) < 4.78 is 0. The number of hydrogen-bond acceptors (Lipinski definition) is 1. The van der Waals surface area contributed by atoms with Crippen LogP contribution in [0.2, 0.25) is 0 Å². The SMILES string of the molecule is CCCCC/C=C\C/C=C\CCCCCCCCCCN(CC)CC. The van der Waals surface area contributed by atoms with Gasteiger partial charge in [-0.2, -0.15) is 0 Å². The van der Waals surface area contributed by atoms with Gasteiger partial charge in [0.25, 0.3) is 0 Å². The lowest BCUT2D eigenvalue weighted by Crippen LogP contribution is -2.23. The molecule has 0 saturated heterocycles. The van der Waals surface area contributed by atoms with E-state index in [1.807, 2.05) is 0 Å². The monoisotopic (exact) mass is 349 g/mol. The quantitative estimate of drug-likeness (QED) is 0.169. The van der Waals surface area contributed by atoms with Crippen molar-refractivity contribution in [2.45, 2.75) is 111 Å². The standard InChI is InChI=1S/C24H47N/c1-4-7-8-9-10-11-12-13-14-15-16-17-18-19-20-21-22-23-24-25(5-2)6-3/h10-11,13-14H,4-9,12,15-24H2,1-3H3/b11-10-,14-13-. The van der Waals surface area contributed by atoms with E-state index in [1.165, 1.54) is 103 Å². The molecule has 1 nitrogen and oxygen atoms in total. The molecule has 0 amide bonds. The first-order chi connectivity index (χ1) is 12.3. The van der Waals surface area contributed by atoms with Crippen molar-refractivity contribution >= 4 is 0 Å². The van der Waals surface area contributed by atoms with Crippen molar-refractivity contribution in [2.75, 3.05) is 19.6 Å². The second-order valence-electron chi connectivity index (χ2n) is 7.32. The maximum absolute atomic E-state index is 2.54. The lowest BCUT2D eigenvalue weighted by atomic mass is 10.1. The minimum atomic E-state index is 1.12. The number of rotatable bonds is 19. The van der Waals surface area contributed by atoms with E-state index in [2.05, 4.69) is 50.0 Å². The van der Waals surface area contributed by atoms with E-state index < -0.39 is 0 Å². The van der Waals surface area contributed by atoms with Crippen LogP contribution in [-0.2, 0) is 0 Å². The van der Waals surface area contributed by atoms with Crippen LogP contribution in [0.4, 0.5) is 0 Å². The number of nitrogens with zero attached hydrogens (tertiary/aromatic N) is 1. The van der Waals surface area contributed by atoms with Crippen molar-refractivity contribution in [3.63, 3.8) is 0 Å². The van der Waals surface area contributed by atoms with Crippen molar-refractivity contribution in [1.29, 1.82) is 0 Å². The van der Waals surface area contributed by atoms with Crippen LogP contribution in [-0.4, -0.2) is 24.5 Å². The first kappa shape index (κ1) is 24.4. The molecular formula is C24H47N. The van der Waals surface area contributed by atoms with Crippen LogP contribution in [0, 0.1) is 0 Å². The molecule has 0 aliphatic heterocycles. The van der Waals surface area contributed by atoms with Crippen LogP contribution in [0.25, 0.3) is 0 Å². The normalized spacial score (nSPS) is 12.2. The van der Waals surface area contributed by atoms with E-state index in [0.717, 1.165) is 6.42 Å². The van der Waals surface area contributed by atoms with Crippen molar-refractivity contribution in [3.8, 4) is 0 Å². The van der Waals surface area contributed by atoms with E-state index in [9.17, 15) is 0 Å². The molecule has 1 heteroatoms. The molecule has 0 radical (unpaired) electrons. The molecule has 0 saturated carbocycles. The number of unbranched alkanes of at least 4 members (excludes halogenated alkanes) is 11. The van der Waals surface area contributed by atoms with Gasteiger partial charge in [0.1, 0.15) is 0 Å². The summed E-state index contributed by atoms with van der Waals surface area (Å²) >= 11 is 0. The van der Waals surface area contributed by atoms with Crippen LogP contribution < -0.4 is 0 Å². The fourth-order valence-electron chi connectivity index (χ4n) is 3.22. The molecule has 0 atom stereocenters. The zero-order valence-corrected chi connectivity index (χ0v) is 17.8. The number of allylic oxidation sites excluding steroid dienone is 4. The highest BCUT2D eigenvalue weighted by Crippen LogP contribution is 2.10. The van der Waals surface area contributed by atoms with Gasteiger partial charge in [0.05, 0.1) is 0 Å². The Labute approximate surface area is 160 Å². The molecule has 0 aliphatic rings. The maximum Gasteiger partial charge on any atom is -0.00190 e. The van der Waals surface area contributed by atoms with E-state index in [1.54, 1.807) is 0 Å². The molecule has 0 bridgehead atoms. The van der Waals surface area contributed by atoms with Crippen molar-refractivity contribution < 1.29 is 0 Å². The summed E-state index contributed by atoms with van der Waals surface area (Å²) in [6, 6.07) is 0. The summed E-state index contributed by atoms with van der Waals surface area (Å²) in [4.78, 5) is 2.54. The Balaban J connectivity index is 3.19. The van der Waals surface area contributed by atoms with E-state index in [0.29, 0.717) is 0 Å². The molecule has 0 spiro atoms. The van der Waals surface area contributed by atoms with Gasteiger partial charge >= 0.3 is 0 Å². The zero-order chi connectivity index (χ0) is 18.4. The first-order valence-corrected chi connectivity index (χ1v) is 11.4. The predicted octanol–water partition coefficient (Wildman–Crippen LogP) is 7.92. The fraction of sp³-hybridized carbons (Fsp3) is 0.833. The molecule has 0 aliphatic carbocycles. The summed E-state index contributed by atoms with van der Waals surface area (Å²) in [5.74, 6) is 0. The smallest absolute Gasteiger partial charge is 0.00190 e. The first-order valence-electron chi connectivity index (χ1n) is 11.4. The average Bonchev–Trinajstić information content (AvgIpc) is 2.64. The van der Waals surface area contributed by atoms with Crippen molar-refractivity contribution in [2.24, 2.45) is 0 Å². The summed E-state index contributed by atoms with van der Waals surface area (Å²) in [5.41, 5.74) is 0. The van der Waals surface area contributed by atoms with Gasteiger partial charge in [-0.1, -0.05) is 96.4 Å². The summed E-state index contributed by atoms with van der Waals surface area (Å²) in [6.07, 6.45) is 28.4. The summed E-state index contributed by atoms with van der Waals surface area (Å²) in [5, 5.41) is 0. The van der Waals surface area contributed by atoms with E-state index >= 15 is 0 Å². The van der Waals surface area contributed by atoms with Gasteiger partial charge in [-0.05, 0) is 58.2 Å². The van der Waals surface area contributed by atoms with Gasteiger partial charge in [-0.3, -0.25) is 0 Å². The Morgan fingerprint density at radius 2 is 1.00 bits per heavy atom. The third-order valence-electron chi connectivity index (χ3n) is 5.07. The molecular weight excluding hydrogens is 302 g/mol. The van der Waals surface area contributed by atoms with Crippen LogP contribution in [0.15, 0.2) is 24.3 Å². The molecule has 0 rings (SSSR count). The lowest BCUT2D eigenvalue weighted by molar-refractivity contribution is 0.295. The van der Waals surface area contributed by atoms with Gasteiger partial charge in [0, 0.05) is 0 Å². The zero-order valence-electron chi connectivity index (χ0n) is 17.8. The van der Waals surface area contributed by atoms with E-state index in [4.69, 9.17) is 0 Å². The van der Waals surface area contributed by atoms with E-state index in [-0.39, 0.29) is 0 Å². The van der Waals surface area contributed by atoms with Crippen molar-refractivity contribution in [3.05, 3.63) is 24.3 Å². The highest BCUT2D eigenvalue weighted by atomic mass is 15.1. The highest BCUT2D eigenvalue weighted by molar-refractivity contribution is 4.92. The minimum absolute atomic E-state index is 1.12. The Hall–Kier alpha value is -0.560. The van der Waals surface area contributed by atoms with Gasteiger partial charge in [-0.15, -0.1) is 0 Å². The fourth-order valence-corrected chi connectivity index (χ4v) is 3.22. The molecule has 0 aromatic rings. The molecule has 0 heterocycles. The third-order valence-corrected chi connectivity index (χ3v) is 5.07. The van der Waals surface area contributed by atoms with Gasteiger partial charge in [0.2, 0.25) is 0 Å². The largest absolute Gasteiger partial charge is 0.304 e. The van der Waals surface area contributed by atoms with Crippen LogP contribution >= 0.6 is 0 Å². The third kappa shape index (κ3) is 19.6. The molecule has 0 unspecified atom stereocenters. The van der Waals surface area contributed by atoms with Crippen LogP contribution in [0.3, 0.4) is 0 Å². The second kappa shape index (κ2) is 21.5. The average molecular weight is 350 g/mol. The lowest BCUT2D eigenvalue weighted by Gasteiger charge is -2.17. The van der Waals surface area contributed by atoms with Crippen LogP contribution in [0.5, 0.6) is 0 Å². The minimum Gasteiger partial charge on any atom is -0.304 e. The molecule has 0 aromatic heterocycles. The summed E-state index contributed by atoms with van der Waals surface area (Å²) in [6.45, 7) is 10.5. The molecule has 0 N–H and O–H groups in total. The Morgan fingerprint density at radius 3 is 1.52 bits per heavy atom. The predicted molar refractivity (Wildman–Crippen MR) is 116 cm³/mol. The van der Waals surface area contributed by atoms with Crippen molar-refractivity contribution in [1.82, 2.24) is 4.90 Å². The van der Waals surface area contributed by atoms with Gasteiger partial charge in [0.15, 0.2) is 0 Å². The van der Waals surface area contributed by atoms with Gasteiger partial charge < -0.3 is 4.90 Å². The Morgan fingerprint density at radius 1 is 0.520 bits per heavy atom. The topological polar surface area (TPSA) is 3.24 Å². The summed E-state index contributed by atoms with van der Waals surface area (Å²) in [7, 11) is 0. The Bertz CT molecular complexity index is 288.